The van der Waals surface area contributed by atoms with Crippen LogP contribution in [0.4, 0.5) is 11.4 Å². The number of aliphatic hydroxyl groups excluding tert-OH is 1. The summed E-state index contributed by atoms with van der Waals surface area (Å²) in [5.41, 5.74) is 1.71. The van der Waals surface area contributed by atoms with Crippen LogP contribution in [0.15, 0.2) is 24.3 Å². The highest BCUT2D eigenvalue weighted by atomic mass is 16.3. The molecule has 0 unspecified atom stereocenters. The molecular formula is C14H21N3O2. The second-order valence-corrected chi connectivity index (χ2v) is 5.01. The number of rotatable bonds is 4. The van der Waals surface area contributed by atoms with Gasteiger partial charge in [0.15, 0.2) is 0 Å². The summed E-state index contributed by atoms with van der Waals surface area (Å²) in [5, 5.41) is 14.9. The molecule has 3 N–H and O–H groups in total. The van der Waals surface area contributed by atoms with Crippen LogP contribution in [0.5, 0.6) is 0 Å². The lowest BCUT2D eigenvalue weighted by molar-refractivity contribution is -0.118. The molecule has 1 fully saturated rings. The van der Waals surface area contributed by atoms with Gasteiger partial charge in [-0.3, -0.25) is 4.79 Å². The summed E-state index contributed by atoms with van der Waals surface area (Å²) >= 11 is 0. The first kappa shape index (κ1) is 13.8. The first-order valence-electron chi connectivity index (χ1n) is 6.63. The second-order valence-electron chi connectivity index (χ2n) is 5.01. The maximum atomic E-state index is 11.1. The Hall–Kier alpha value is -1.59. The molecule has 0 aliphatic carbocycles. The Kier molecular flexibility index (Phi) is 4.76. The monoisotopic (exact) mass is 263 g/mol. The lowest BCUT2D eigenvalue weighted by Crippen LogP contribution is -2.36. The number of piperidine rings is 1. The molecule has 5 nitrogen and oxygen atoms in total. The van der Waals surface area contributed by atoms with Crippen LogP contribution in [0.3, 0.4) is 0 Å². The number of hydrogen-bond donors (Lipinski definition) is 3. The average Bonchev–Trinajstić information content (AvgIpc) is 2.42. The predicted octanol–water partition coefficient (Wildman–Crippen LogP) is 1.12. The van der Waals surface area contributed by atoms with Crippen molar-refractivity contribution in [3.8, 4) is 0 Å². The third-order valence-electron chi connectivity index (χ3n) is 3.38. The summed E-state index contributed by atoms with van der Waals surface area (Å²) in [6, 6.07) is 8.08. The molecule has 19 heavy (non-hydrogen) atoms. The highest BCUT2D eigenvalue weighted by Crippen LogP contribution is 2.19. The number of aliphatic hydroxyl groups is 1. The van der Waals surface area contributed by atoms with Crippen molar-refractivity contribution in [2.75, 3.05) is 37.4 Å². The normalized spacial score (nSPS) is 17.2. The van der Waals surface area contributed by atoms with Crippen molar-refractivity contribution in [2.24, 2.45) is 0 Å². The Labute approximate surface area is 113 Å². The van der Waals surface area contributed by atoms with Gasteiger partial charge in [-0.2, -0.15) is 0 Å². The molecule has 1 aromatic rings. The van der Waals surface area contributed by atoms with E-state index in [1.807, 2.05) is 24.3 Å². The van der Waals surface area contributed by atoms with Crippen LogP contribution in [-0.2, 0) is 4.79 Å². The molecule has 0 atom stereocenters. The molecule has 104 valence electrons. The van der Waals surface area contributed by atoms with E-state index in [1.54, 1.807) is 0 Å². The molecule has 5 heteroatoms. The molecular weight excluding hydrogens is 242 g/mol. The van der Waals surface area contributed by atoms with Crippen molar-refractivity contribution in [3.63, 3.8) is 0 Å². The number of benzene rings is 1. The van der Waals surface area contributed by atoms with Gasteiger partial charge in [0.25, 0.3) is 0 Å². The van der Waals surface area contributed by atoms with Gasteiger partial charge in [0, 0.05) is 17.4 Å². The van der Waals surface area contributed by atoms with E-state index >= 15 is 0 Å². The zero-order valence-electron chi connectivity index (χ0n) is 11.2. The molecule has 1 aromatic carbocycles. The topological polar surface area (TPSA) is 64.6 Å². The molecule has 0 spiro atoms. The van der Waals surface area contributed by atoms with Crippen LogP contribution in [0.1, 0.15) is 12.8 Å². The molecule has 0 saturated carbocycles. The van der Waals surface area contributed by atoms with E-state index in [-0.39, 0.29) is 0 Å². The summed E-state index contributed by atoms with van der Waals surface area (Å²) in [6.07, 6.45) is 2.26. The fraction of sp³-hybridized carbons (Fsp3) is 0.500. The number of nitrogens with zero attached hydrogens (tertiary/aromatic N) is 1. The Morgan fingerprint density at radius 3 is 2.74 bits per heavy atom. The molecule has 1 aliphatic heterocycles. The van der Waals surface area contributed by atoms with Gasteiger partial charge < -0.3 is 20.6 Å². The zero-order chi connectivity index (χ0) is 13.7. The minimum absolute atomic E-state index is 0.392. The van der Waals surface area contributed by atoms with Crippen LogP contribution in [-0.4, -0.2) is 48.7 Å². The van der Waals surface area contributed by atoms with Gasteiger partial charge >= 0.3 is 0 Å². The van der Waals surface area contributed by atoms with Crippen molar-refractivity contribution in [3.05, 3.63) is 24.3 Å². The van der Waals surface area contributed by atoms with Crippen LogP contribution in [0, 0.1) is 0 Å². The number of carbonyl (C=O) groups excluding carboxylic acids is 1. The van der Waals surface area contributed by atoms with E-state index in [2.05, 4.69) is 22.6 Å². The number of hydrogen-bond acceptors (Lipinski definition) is 4. The zero-order valence-corrected chi connectivity index (χ0v) is 11.2. The molecule has 0 aromatic heterocycles. The second kappa shape index (κ2) is 6.54. The summed E-state index contributed by atoms with van der Waals surface area (Å²) in [4.78, 5) is 13.5. The summed E-state index contributed by atoms with van der Waals surface area (Å²) in [5.74, 6) is -0.392. The number of amides is 1. The van der Waals surface area contributed by atoms with Gasteiger partial charge in [-0.05, 0) is 51.2 Å². The van der Waals surface area contributed by atoms with Gasteiger partial charge in [0.2, 0.25) is 5.91 Å². The van der Waals surface area contributed by atoms with Crippen LogP contribution in [0.25, 0.3) is 0 Å². The van der Waals surface area contributed by atoms with Gasteiger partial charge in [-0.25, -0.2) is 0 Å². The minimum atomic E-state index is -0.493. The van der Waals surface area contributed by atoms with E-state index in [0.717, 1.165) is 31.6 Å². The lowest BCUT2D eigenvalue weighted by atomic mass is 10.1. The highest BCUT2D eigenvalue weighted by Gasteiger charge is 2.16. The Morgan fingerprint density at radius 1 is 1.37 bits per heavy atom. The first-order chi connectivity index (χ1) is 9.17. The van der Waals surface area contributed by atoms with Crippen molar-refractivity contribution in [2.45, 2.75) is 18.9 Å². The maximum Gasteiger partial charge on any atom is 0.250 e. The van der Waals surface area contributed by atoms with Crippen LogP contribution < -0.4 is 10.6 Å². The van der Waals surface area contributed by atoms with Crippen LogP contribution >= 0.6 is 0 Å². The molecule has 0 bridgehead atoms. The summed E-state index contributed by atoms with van der Waals surface area (Å²) < 4.78 is 0. The number of nitrogens with one attached hydrogen (secondary N) is 2. The third kappa shape index (κ3) is 4.22. The predicted molar refractivity (Wildman–Crippen MR) is 76.3 cm³/mol. The minimum Gasteiger partial charge on any atom is -0.387 e. The lowest BCUT2D eigenvalue weighted by Gasteiger charge is -2.30. The van der Waals surface area contributed by atoms with E-state index in [4.69, 9.17) is 5.11 Å². The van der Waals surface area contributed by atoms with Crippen molar-refractivity contribution < 1.29 is 9.90 Å². The van der Waals surface area contributed by atoms with Crippen molar-refractivity contribution in [1.82, 2.24) is 4.90 Å². The molecule has 1 amide bonds. The highest BCUT2D eigenvalue weighted by molar-refractivity contribution is 5.91. The van der Waals surface area contributed by atoms with Gasteiger partial charge in [0.05, 0.1) is 0 Å². The Bertz CT molecular complexity index is 428. The number of likely N-dealkylation sites (tertiary alicyclic amines) is 1. The fourth-order valence-electron chi connectivity index (χ4n) is 2.28. The smallest absolute Gasteiger partial charge is 0.250 e. The van der Waals surface area contributed by atoms with Crippen molar-refractivity contribution in [1.29, 1.82) is 0 Å². The van der Waals surface area contributed by atoms with Crippen molar-refractivity contribution >= 4 is 17.3 Å². The van der Waals surface area contributed by atoms with Gasteiger partial charge in [0.1, 0.15) is 6.61 Å². The molecule has 1 saturated heterocycles. The third-order valence-corrected chi connectivity index (χ3v) is 3.38. The summed E-state index contributed by atoms with van der Waals surface area (Å²) in [7, 11) is 2.14. The maximum absolute atomic E-state index is 11.1. The van der Waals surface area contributed by atoms with Gasteiger partial charge in [-0.1, -0.05) is 6.07 Å². The van der Waals surface area contributed by atoms with E-state index < -0.39 is 12.5 Å². The Morgan fingerprint density at radius 2 is 2.05 bits per heavy atom. The first-order valence-corrected chi connectivity index (χ1v) is 6.63. The van der Waals surface area contributed by atoms with E-state index in [1.165, 1.54) is 0 Å². The SMILES string of the molecule is CN1CCC(Nc2cccc(NC(=O)CO)c2)CC1. The van der Waals surface area contributed by atoms with E-state index in [9.17, 15) is 4.79 Å². The average molecular weight is 263 g/mol. The standard InChI is InChI=1S/C14H21N3O2/c1-17-7-5-11(6-8-17)15-12-3-2-4-13(9-12)16-14(19)10-18/h2-4,9,11,15,18H,5-8,10H2,1H3,(H,16,19). The largest absolute Gasteiger partial charge is 0.387 e. The fourth-order valence-corrected chi connectivity index (χ4v) is 2.28. The summed E-state index contributed by atoms with van der Waals surface area (Å²) in [6.45, 7) is 1.73. The molecule has 0 radical (unpaired) electrons. The Balaban J connectivity index is 1.93. The quantitative estimate of drug-likeness (QED) is 0.762. The molecule has 1 heterocycles. The number of carbonyl (C=O) groups is 1. The van der Waals surface area contributed by atoms with E-state index in [0.29, 0.717) is 11.7 Å². The molecule has 1 aliphatic rings. The number of anilines is 2. The molecule has 2 rings (SSSR count). The van der Waals surface area contributed by atoms with Gasteiger partial charge in [-0.15, -0.1) is 0 Å². The van der Waals surface area contributed by atoms with Crippen LogP contribution in [0.2, 0.25) is 0 Å².